The fraction of sp³-hybridized carbons (Fsp3) is 0.929. The predicted octanol–water partition coefficient (Wildman–Crippen LogP) is 3.78. The molecule has 0 aromatic carbocycles. The Morgan fingerprint density at radius 2 is 2.00 bits per heavy atom. The molecule has 1 aliphatic heterocycles. The highest BCUT2D eigenvalue weighted by atomic mass is 32.2. The van der Waals surface area contributed by atoms with Crippen molar-refractivity contribution in [3.8, 4) is 0 Å². The second-order valence-electron chi connectivity index (χ2n) is 6.57. The average molecular weight is 256 g/mol. The van der Waals surface area contributed by atoms with Gasteiger partial charge < -0.3 is 5.32 Å². The van der Waals surface area contributed by atoms with E-state index >= 15 is 0 Å². The van der Waals surface area contributed by atoms with Gasteiger partial charge in [-0.25, -0.2) is 0 Å². The summed E-state index contributed by atoms with van der Waals surface area (Å²) in [5.74, 6) is 2.58. The maximum Gasteiger partial charge on any atom is 0.156 e. The van der Waals surface area contributed by atoms with Crippen molar-refractivity contribution in [2.24, 2.45) is 22.2 Å². The van der Waals surface area contributed by atoms with Gasteiger partial charge in [-0.2, -0.15) is 0 Å². The molecule has 0 saturated carbocycles. The molecular formula is C14H28N2S. The van der Waals surface area contributed by atoms with E-state index in [1.54, 1.807) is 0 Å². The molecule has 1 N–H and O–H groups in total. The van der Waals surface area contributed by atoms with Crippen LogP contribution in [-0.4, -0.2) is 23.5 Å². The summed E-state index contributed by atoms with van der Waals surface area (Å²) >= 11 is 1.88. The predicted molar refractivity (Wildman–Crippen MR) is 79.8 cm³/mol. The molecule has 2 nitrogen and oxygen atoms in total. The Bertz CT molecular complexity index is 266. The number of hydrogen-bond acceptors (Lipinski definition) is 2. The van der Waals surface area contributed by atoms with E-state index in [0.29, 0.717) is 23.3 Å². The largest absolute Gasteiger partial charge is 0.362 e. The van der Waals surface area contributed by atoms with Crippen molar-refractivity contribution in [1.82, 2.24) is 5.32 Å². The van der Waals surface area contributed by atoms with Crippen LogP contribution in [0.5, 0.6) is 0 Å². The first-order valence-electron chi connectivity index (χ1n) is 6.74. The van der Waals surface area contributed by atoms with E-state index in [1.807, 2.05) is 11.8 Å². The van der Waals surface area contributed by atoms with Crippen LogP contribution in [0.2, 0.25) is 0 Å². The Labute approximate surface area is 111 Å². The molecule has 1 saturated heterocycles. The molecule has 1 fully saturated rings. The third-order valence-corrected chi connectivity index (χ3v) is 4.61. The molecule has 100 valence electrons. The van der Waals surface area contributed by atoms with Gasteiger partial charge in [0.1, 0.15) is 0 Å². The van der Waals surface area contributed by atoms with Gasteiger partial charge in [0.05, 0.1) is 0 Å². The van der Waals surface area contributed by atoms with E-state index in [9.17, 15) is 0 Å². The molecule has 17 heavy (non-hydrogen) atoms. The quantitative estimate of drug-likeness (QED) is 0.831. The summed E-state index contributed by atoms with van der Waals surface area (Å²) in [4.78, 5) is 4.74. The summed E-state index contributed by atoms with van der Waals surface area (Å²) in [6, 6.07) is 0.567. The zero-order valence-electron chi connectivity index (χ0n) is 12.2. The Morgan fingerprint density at radius 1 is 1.35 bits per heavy atom. The van der Waals surface area contributed by atoms with Gasteiger partial charge in [0.2, 0.25) is 0 Å². The first kappa shape index (κ1) is 14.9. The van der Waals surface area contributed by atoms with Crippen LogP contribution in [0.15, 0.2) is 4.99 Å². The molecule has 3 heteroatoms. The van der Waals surface area contributed by atoms with Crippen molar-refractivity contribution < 1.29 is 0 Å². The Kier molecular flexibility index (Phi) is 5.36. The summed E-state index contributed by atoms with van der Waals surface area (Å²) in [6.07, 6.45) is 1.24. The zero-order chi connectivity index (χ0) is 13.1. The molecule has 0 aliphatic carbocycles. The monoisotopic (exact) mass is 256 g/mol. The fourth-order valence-corrected chi connectivity index (χ4v) is 2.65. The van der Waals surface area contributed by atoms with Crippen molar-refractivity contribution in [2.75, 3.05) is 12.3 Å². The van der Waals surface area contributed by atoms with E-state index in [1.165, 1.54) is 12.2 Å². The van der Waals surface area contributed by atoms with E-state index in [2.05, 4.69) is 46.9 Å². The highest BCUT2D eigenvalue weighted by molar-refractivity contribution is 8.13. The van der Waals surface area contributed by atoms with E-state index in [-0.39, 0.29) is 0 Å². The minimum absolute atomic E-state index is 0.325. The number of rotatable bonds is 3. The van der Waals surface area contributed by atoms with Gasteiger partial charge in [-0.3, -0.25) is 4.99 Å². The maximum atomic E-state index is 4.74. The number of nitrogens with one attached hydrogen (secondary N) is 1. The Hall–Kier alpha value is -0.180. The van der Waals surface area contributed by atoms with Crippen LogP contribution in [0.3, 0.4) is 0 Å². The summed E-state index contributed by atoms with van der Waals surface area (Å²) < 4.78 is 0. The van der Waals surface area contributed by atoms with Gasteiger partial charge >= 0.3 is 0 Å². The molecule has 2 atom stereocenters. The van der Waals surface area contributed by atoms with Crippen molar-refractivity contribution >= 4 is 16.9 Å². The van der Waals surface area contributed by atoms with Crippen LogP contribution in [0.25, 0.3) is 0 Å². The summed E-state index contributed by atoms with van der Waals surface area (Å²) in [7, 11) is 0. The van der Waals surface area contributed by atoms with Gasteiger partial charge in [0, 0.05) is 18.3 Å². The second kappa shape index (κ2) is 6.12. The van der Waals surface area contributed by atoms with E-state index < -0.39 is 0 Å². The van der Waals surface area contributed by atoms with Gasteiger partial charge in [-0.1, -0.05) is 53.3 Å². The lowest BCUT2D eigenvalue weighted by molar-refractivity contribution is 0.290. The van der Waals surface area contributed by atoms with E-state index in [0.717, 1.165) is 11.7 Å². The summed E-state index contributed by atoms with van der Waals surface area (Å²) in [5, 5.41) is 4.76. The highest BCUT2D eigenvalue weighted by Gasteiger charge is 2.28. The van der Waals surface area contributed by atoms with Gasteiger partial charge in [0.25, 0.3) is 0 Å². The molecule has 1 rings (SSSR count). The summed E-state index contributed by atoms with van der Waals surface area (Å²) in [6.45, 7) is 14.7. The minimum Gasteiger partial charge on any atom is -0.362 e. The van der Waals surface area contributed by atoms with Crippen LogP contribution in [-0.2, 0) is 0 Å². The summed E-state index contributed by atoms with van der Waals surface area (Å²) in [5.41, 5.74) is 0.325. The first-order valence-corrected chi connectivity index (χ1v) is 7.73. The molecular weight excluding hydrogens is 228 g/mol. The van der Waals surface area contributed by atoms with Crippen LogP contribution in [0.1, 0.15) is 48.0 Å². The highest BCUT2D eigenvalue weighted by Crippen LogP contribution is 2.27. The van der Waals surface area contributed by atoms with Gasteiger partial charge in [0.15, 0.2) is 5.17 Å². The number of aliphatic imine (C=N–C) groups is 1. The molecule has 1 aliphatic rings. The fourth-order valence-electron chi connectivity index (χ4n) is 1.71. The number of thioether (sulfide) groups is 1. The molecule has 0 aromatic heterocycles. The Balaban J connectivity index is 2.52. The number of amidine groups is 1. The van der Waals surface area contributed by atoms with Gasteiger partial charge in [-0.15, -0.1) is 0 Å². The SMILES string of the molecule is CC(C)C(C)CN=C1NC(C(C)(C)C)CCS1. The normalized spacial score (nSPS) is 26.1. The second-order valence-corrected chi connectivity index (χ2v) is 7.65. The lowest BCUT2D eigenvalue weighted by Gasteiger charge is -2.35. The lowest BCUT2D eigenvalue weighted by atomic mass is 9.85. The topological polar surface area (TPSA) is 24.4 Å². The molecule has 0 amide bonds. The molecule has 0 spiro atoms. The van der Waals surface area contributed by atoms with Crippen molar-refractivity contribution in [3.63, 3.8) is 0 Å². The molecule has 0 radical (unpaired) electrons. The molecule has 0 aromatic rings. The average Bonchev–Trinajstić information content (AvgIpc) is 2.25. The minimum atomic E-state index is 0.325. The van der Waals surface area contributed by atoms with Crippen LogP contribution >= 0.6 is 11.8 Å². The van der Waals surface area contributed by atoms with Crippen molar-refractivity contribution in [3.05, 3.63) is 0 Å². The van der Waals surface area contributed by atoms with Crippen LogP contribution in [0, 0.1) is 17.3 Å². The number of hydrogen-bond donors (Lipinski definition) is 1. The third-order valence-electron chi connectivity index (χ3n) is 3.65. The molecule has 0 bridgehead atoms. The first-order chi connectivity index (χ1) is 7.80. The van der Waals surface area contributed by atoms with E-state index in [4.69, 9.17) is 4.99 Å². The van der Waals surface area contributed by atoms with Gasteiger partial charge in [-0.05, 0) is 23.7 Å². The number of nitrogens with zero attached hydrogens (tertiary/aromatic N) is 1. The molecule has 1 heterocycles. The Morgan fingerprint density at radius 3 is 2.53 bits per heavy atom. The molecule has 2 unspecified atom stereocenters. The standard InChI is InChI=1S/C14H28N2S/c1-10(2)11(3)9-15-13-16-12(7-8-17-13)14(4,5)6/h10-12H,7-9H2,1-6H3,(H,15,16). The van der Waals surface area contributed by atoms with Crippen molar-refractivity contribution in [2.45, 2.75) is 54.0 Å². The lowest BCUT2D eigenvalue weighted by Crippen LogP contribution is -2.46. The smallest absolute Gasteiger partial charge is 0.156 e. The maximum absolute atomic E-state index is 4.74. The van der Waals surface area contributed by atoms with Crippen LogP contribution in [0.4, 0.5) is 0 Å². The third kappa shape index (κ3) is 4.90. The van der Waals surface area contributed by atoms with Crippen molar-refractivity contribution in [1.29, 1.82) is 0 Å². The van der Waals surface area contributed by atoms with Crippen LogP contribution < -0.4 is 5.32 Å². The zero-order valence-corrected chi connectivity index (χ0v) is 13.0.